The van der Waals surface area contributed by atoms with Crippen LogP contribution in [0.25, 0.3) is 0 Å². The summed E-state index contributed by atoms with van der Waals surface area (Å²) in [6.07, 6.45) is 2.05. The zero-order chi connectivity index (χ0) is 10.9. The molecule has 15 heavy (non-hydrogen) atoms. The smallest absolute Gasteiger partial charge is 0.145 e. The minimum atomic E-state index is -1.46. The van der Waals surface area contributed by atoms with E-state index in [1.807, 2.05) is 6.07 Å². The second-order valence-electron chi connectivity index (χ2n) is 4.18. The lowest BCUT2D eigenvalue weighted by atomic mass is 9.95. The molecule has 1 aliphatic heterocycles. The molecule has 0 aromatic heterocycles. The van der Waals surface area contributed by atoms with Gasteiger partial charge in [-0.3, -0.25) is 0 Å². The fraction of sp³-hybridized carbons (Fsp3) is 0.500. The molecule has 1 heterocycles. The first-order valence-electron chi connectivity index (χ1n) is 5.29. The molecule has 0 bridgehead atoms. The fourth-order valence-electron chi connectivity index (χ4n) is 1.78. The summed E-state index contributed by atoms with van der Waals surface area (Å²) in [5.74, 6) is 0.816. The monoisotopic (exact) mass is 209 g/mol. The van der Waals surface area contributed by atoms with E-state index in [1.54, 1.807) is 12.1 Å². The molecule has 2 rings (SSSR count). The maximum Gasteiger partial charge on any atom is 0.145 e. The number of halogens is 1. The third-order valence-corrected chi connectivity index (χ3v) is 2.90. The van der Waals surface area contributed by atoms with E-state index in [9.17, 15) is 4.39 Å². The lowest BCUT2D eigenvalue weighted by Gasteiger charge is -2.22. The van der Waals surface area contributed by atoms with Crippen molar-refractivity contribution in [1.82, 2.24) is 0 Å². The number of aryl methyl sites for hydroxylation is 1. The van der Waals surface area contributed by atoms with Crippen molar-refractivity contribution in [2.75, 3.05) is 13.2 Å². The molecule has 82 valence electrons. The summed E-state index contributed by atoms with van der Waals surface area (Å²) < 4.78 is 19.4. The molecule has 1 aromatic rings. The zero-order valence-corrected chi connectivity index (χ0v) is 8.92. The third kappa shape index (κ3) is 1.97. The molecule has 0 saturated heterocycles. The minimum absolute atomic E-state index is 0.00815. The number of alkyl halides is 1. The molecule has 2 N–H and O–H groups in total. The third-order valence-electron chi connectivity index (χ3n) is 2.90. The van der Waals surface area contributed by atoms with Crippen molar-refractivity contribution in [3.8, 4) is 5.75 Å². The molecular formula is C12H16FNO. The zero-order valence-electron chi connectivity index (χ0n) is 8.92. The molecule has 1 unspecified atom stereocenters. The second-order valence-corrected chi connectivity index (χ2v) is 4.18. The molecule has 3 heteroatoms. The summed E-state index contributed by atoms with van der Waals surface area (Å²) in [4.78, 5) is 0. The standard InChI is InChI=1S/C12H16FNO/c1-12(13,8-14)10-5-4-9-3-2-6-15-11(9)7-10/h4-5,7H,2-3,6,8,14H2,1H3. The Morgan fingerprint density at radius 1 is 1.53 bits per heavy atom. The minimum Gasteiger partial charge on any atom is -0.493 e. The highest BCUT2D eigenvalue weighted by Crippen LogP contribution is 2.31. The molecule has 0 fully saturated rings. The summed E-state index contributed by atoms with van der Waals surface area (Å²) in [6.45, 7) is 2.21. The molecular weight excluding hydrogens is 193 g/mol. The van der Waals surface area contributed by atoms with E-state index in [4.69, 9.17) is 10.5 Å². The normalized spacial score (nSPS) is 18.9. The Labute approximate surface area is 89.2 Å². The first kappa shape index (κ1) is 10.4. The first-order chi connectivity index (χ1) is 7.13. The number of hydrogen-bond donors (Lipinski definition) is 1. The predicted molar refractivity (Wildman–Crippen MR) is 57.8 cm³/mol. The lowest BCUT2D eigenvalue weighted by molar-refractivity contribution is 0.201. The molecule has 1 atom stereocenters. The van der Waals surface area contributed by atoms with Gasteiger partial charge in [0.2, 0.25) is 0 Å². The van der Waals surface area contributed by atoms with Crippen LogP contribution in [0.4, 0.5) is 4.39 Å². The predicted octanol–water partition coefficient (Wildman–Crippen LogP) is 2.16. The van der Waals surface area contributed by atoms with E-state index in [2.05, 4.69) is 0 Å². The van der Waals surface area contributed by atoms with E-state index in [1.165, 1.54) is 6.92 Å². The van der Waals surface area contributed by atoms with Crippen molar-refractivity contribution in [3.05, 3.63) is 29.3 Å². The topological polar surface area (TPSA) is 35.2 Å². The van der Waals surface area contributed by atoms with Crippen LogP contribution in [0.1, 0.15) is 24.5 Å². The summed E-state index contributed by atoms with van der Waals surface area (Å²) in [7, 11) is 0. The van der Waals surface area contributed by atoms with E-state index >= 15 is 0 Å². The Bertz CT molecular complexity index is 363. The number of nitrogens with two attached hydrogens (primary N) is 1. The van der Waals surface area contributed by atoms with Crippen LogP contribution < -0.4 is 10.5 Å². The average Bonchev–Trinajstić information content (AvgIpc) is 2.28. The van der Waals surface area contributed by atoms with Crippen molar-refractivity contribution >= 4 is 0 Å². The van der Waals surface area contributed by atoms with Gasteiger partial charge in [0.25, 0.3) is 0 Å². The molecule has 0 aliphatic carbocycles. The summed E-state index contributed by atoms with van der Waals surface area (Å²) in [5.41, 5.74) is 5.70. The van der Waals surface area contributed by atoms with Crippen LogP contribution in [0.5, 0.6) is 5.75 Å². The molecule has 1 aliphatic rings. The van der Waals surface area contributed by atoms with Gasteiger partial charge >= 0.3 is 0 Å². The molecule has 1 aromatic carbocycles. The van der Waals surface area contributed by atoms with Gasteiger partial charge in [-0.15, -0.1) is 0 Å². The SMILES string of the molecule is CC(F)(CN)c1ccc2c(c1)OCCC2. The average molecular weight is 209 g/mol. The molecule has 0 spiro atoms. The number of fused-ring (bicyclic) bond motifs is 1. The second kappa shape index (κ2) is 3.81. The van der Waals surface area contributed by atoms with Crippen molar-refractivity contribution in [1.29, 1.82) is 0 Å². The van der Waals surface area contributed by atoms with E-state index in [0.29, 0.717) is 5.56 Å². The summed E-state index contributed by atoms with van der Waals surface area (Å²) >= 11 is 0. The largest absolute Gasteiger partial charge is 0.493 e. The Kier molecular flexibility index (Phi) is 2.65. The Morgan fingerprint density at radius 2 is 2.33 bits per heavy atom. The van der Waals surface area contributed by atoms with Crippen LogP contribution in [0.3, 0.4) is 0 Å². The van der Waals surface area contributed by atoms with Gasteiger partial charge in [0.05, 0.1) is 6.61 Å². The molecule has 0 amide bonds. The number of rotatable bonds is 2. The van der Waals surface area contributed by atoms with Gasteiger partial charge in [-0.1, -0.05) is 12.1 Å². The quantitative estimate of drug-likeness (QED) is 0.810. The highest BCUT2D eigenvalue weighted by Gasteiger charge is 2.25. The molecule has 0 saturated carbocycles. The fourth-order valence-corrected chi connectivity index (χ4v) is 1.78. The van der Waals surface area contributed by atoms with Crippen molar-refractivity contribution in [2.45, 2.75) is 25.4 Å². The van der Waals surface area contributed by atoms with Crippen LogP contribution in [0, 0.1) is 0 Å². The van der Waals surface area contributed by atoms with E-state index in [-0.39, 0.29) is 6.54 Å². The highest BCUT2D eigenvalue weighted by atomic mass is 19.1. The van der Waals surface area contributed by atoms with Crippen LogP contribution in [0.15, 0.2) is 18.2 Å². The molecule has 0 radical (unpaired) electrons. The Hall–Kier alpha value is -1.09. The van der Waals surface area contributed by atoms with Crippen LogP contribution in [-0.2, 0) is 12.1 Å². The molecule has 2 nitrogen and oxygen atoms in total. The van der Waals surface area contributed by atoms with Crippen molar-refractivity contribution in [3.63, 3.8) is 0 Å². The summed E-state index contributed by atoms with van der Waals surface area (Å²) in [6, 6.07) is 5.53. The van der Waals surface area contributed by atoms with Crippen LogP contribution in [-0.4, -0.2) is 13.2 Å². The van der Waals surface area contributed by atoms with Gasteiger partial charge in [0.15, 0.2) is 0 Å². The van der Waals surface area contributed by atoms with Crippen LogP contribution >= 0.6 is 0 Å². The maximum absolute atomic E-state index is 13.9. The highest BCUT2D eigenvalue weighted by molar-refractivity contribution is 5.40. The van der Waals surface area contributed by atoms with Gasteiger partial charge < -0.3 is 10.5 Å². The number of ether oxygens (including phenoxy) is 1. The number of hydrogen-bond acceptors (Lipinski definition) is 2. The van der Waals surface area contributed by atoms with Crippen molar-refractivity contribution in [2.24, 2.45) is 5.73 Å². The van der Waals surface area contributed by atoms with Crippen molar-refractivity contribution < 1.29 is 9.13 Å². The lowest BCUT2D eigenvalue weighted by Crippen LogP contribution is -2.26. The maximum atomic E-state index is 13.9. The van der Waals surface area contributed by atoms with E-state index < -0.39 is 5.67 Å². The number of benzene rings is 1. The van der Waals surface area contributed by atoms with Gasteiger partial charge in [-0.05, 0) is 37.0 Å². The van der Waals surface area contributed by atoms with Gasteiger partial charge in [-0.25, -0.2) is 4.39 Å². The van der Waals surface area contributed by atoms with Gasteiger partial charge in [-0.2, -0.15) is 0 Å². The first-order valence-corrected chi connectivity index (χ1v) is 5.29. The van der Waals surface area contributed by atoms with Gasteiger partial charge in [0, 0.05) is 6.54 Å². The van der Waals surface area contributed by atoms with E-state index in [0.717, 1.165) is 30.8 Å². The van der Waals surface area contributed by atoms with Crippen LogP contribution in [0.2, 0.25) is 0 Å². The Morgan fingerprint density at radius 3 is 3.07 bits per heavy atom. The van der Waals surface area contributed by atoms with Gasteiger partial charge in [0.1, 0.15) is 11.4 Å². The Balaban J connectivity index is 2.36. The summed E-state index contributed by atoms with van der Waals surface area (Å²) in [5, 5.41) is 0.